The van der Waals surface area contributed by atoms with Crippen molar-refractivity contribution in [3.63, 3.8) is 0 Å². The van der Waals surface area contributed by atoms with Gasteiger partial charge in [0.15, 0.2) is 5.96 Å². The number of hydrogen-bond acceptors (Lipinski definition) is 4. The predicted octanol–water partition coefficient (Wildman–Crippen LogP) is 3.55. The maximum Gasteiger partial charge on any atom is 0.194 e. The van der Waals surface area contributed by atoms with E-state index in [1.165, 1.54) is 4.88 Å². The normalized spacial score (nSPS) is 10.9. The van der Waals surface area contributed by atoms with Gasteiger partial charge in [-0.05, 0) is 26.0 Å². The smallest absolute Gasteiger partial charge is 0.194 e. The molecule has 0 spiro atoms. The van der Waals surface area contributed by atoms with E-state index in [9.17, 15) is 0 Å². The number of halogens is 1. The van der Waals surface area contributed by atoms with Gasteiger partial charge in [0.1, 0.15) is 17.4 Å². The average Bonchev–Trinajstić information content (AvgIpc) is 2.98. The highest BCUT2D eigenvalue weighted by Crippen LogP contribution is 2.12. The van der Waals surface area contributed by atoms with Crippen LogP contribution in [-0.2, 0) is 6.54 Å². The van der Waals surface area contributed by atoms with Crippen LogP contribution in [0.25, 0.3) is 0 Å². The van der Waals surface area contributed by atoms with Gasteiger partial charge >= 0.3 is 0 Å². The molecule has 0 aliphatic rings. The van der Waals surface area contributed by atoms with E-state index in [-0.39, 0.29) is 24.0 Å². The van der Waals surface area contributed by atoms with Gasteiger partial charge in [-0.25, -0.2) is 9.98 Å². The Hall–Kier alpha value is -1.35. The molecule has 1 aromatic heterocycles. The fraction of sp³-hybridized carbons (Fsp3) is 0.412. The third-order valence-corrected chi connectivity index (χ3v) is 4.07. The van der Waals surface area contributed by atoms with Crippen molar-refractivity contribution >= 4 is 41.3 Å². The summed E-state index contributed by atoms with van der Waals surface area (Å²) in [5.41, 5.74) is 0. The van der Waals surface area contributed by atoms with Crippen molar-refractivity contribution in [3.8, 4) is 5.75 Å². The topological polar surface area (TPSA) is 49.8 Å². The average molecular weight is 460 g/mol. The quantitative estimate of drug-likeness (QED) is 0.390. The van der Waals surface area contributed by atoms with Crippen molar-refractivity contribution in [2.75, 3.05) is 26.7 Å². The van der Waals surface area contributed by atoms with Crippen LogP contribution in [0.2, 0.25) is 0 Å². The second kappa shape index (κ2) is 11.2. The number of hydrogen-bond donors (Lipinski definition) is 1. The Balaban J connectivity index is 0.00000288. The van der Waals surface area contributed by atoms with Crippen LogP contribution in [0, 0.1) is 6.92 Å². The van der Waals surface area contributed by atoms with Crippen LogP contribution in [0.15, 0.2) is 41.5 Å². The number of aliphatic imine (C=N–C) groups is 1. The first-order chi connectivity index (χ1) is 11.2. The molecule has 1 N–H and O–H groups in total. The molecule has 1 heterocycles. The minimum absolute atomic E-state index is 0. The number of aromatic nitrogens is 1. The molecule has 0 fully saturated rings. The Kier molecular flexibility index (Phi) is 9.70. The first-order valence-electron chi connectivity index (χ1n) is 7.77. The molecule has 0 unspecified atom stereocenters. The molecule has 0 aliphatic heterocycles. The number of ether oxygens (including phenoxy) is 1. The third kappa shape index (κ3) is 7.04. The van der Waals surface area contributed by atoms with E-state index in [1.54, 1.807) is 11.3 Å². The minimum atomic E-state index is 0. The Morgan fingerprint density at radius 2 is 2.08 bits per heavy atom. The molecule has 0 aliphatic carbocycles. The zero-order valence-electron chi connectivity index (χ0n) is 14.4. The van der Waals surface area contributed by atoms with Gasteiger partial charge in [-0.2, -0.15) is 0 Å². The van der Waals surface area contributed by atoms with Gasteiger partial charge in [-0.1, -0.05) is 18.2 Å². The van der Waals surface area contributed by atoms with Crippen LogP contribution in [0.3, 0.4) is 0 Å². The van der Waals surface area contributed by atoms with Gasteiger partial charge in [-0.15, -0.1) is 35.3 Å². The van der Waals surface area contributed by atoms with Gasteiger partial charge in [0.25, 0.3) is 0 Å². The van der Waals surface area contributed by atoms with E-state index in [0.717, 1.165) is 29.8 Å². The van der Waals surface area contributed by atoms with Crippen molar-refractivity contribution in [3.05, 3.63) is 46.4 Å². The highest BCUT2D eigenvalue weighted by atomic mass is 127. The van der Waals surface area contributed by atoms with Crippen LogP contribution in [-0.4, -0.2) is 42.6 Å². The lowest BCUT2D eigenvalue weighted by molar-refractivity contribution is 0.281. The van der Waals surface area contributed by atoms with E-state index in [4.69, 9.17) is 4.74 Å². The van der Waals surface area contributed by atoms with E-state index in [1.807, 2.05) is 43.6 Å². The number of rotatable bonds is 7. The molecule has 5 nitrogen and oxygen atoms in total. The molecule has 2 rings (SSSR count). The number of likely N-dealkylation sites (N-methyl/N-ethyl adjacent to an activating group) is 1. The zero-order chi connectivity index (χ0) is 16.5. The lowest BCUT2D eigenvalue weighted by Gasteiger charge is -2.22. The summed E-state index contributed by atoms with van der Waals surface area (Å²) in [4.78, 5) is 12.3. The molecule has 2 aromatic rings. The van der Waals surface area contributed by atoms with Crippen LogP contribution < -0.4 is 10.1 Å². The molecule has 7 heteroatoms. The van der Waals surface area contributed by atoms with Gasteiger partial charge in [0, 0.05) is 24.7 Å². The third-order valence-electron chi connectivity index (χ3n) is 3.17. The lowest BCUT2D eigenvalue weighted by atomic mass is 10.3. The molecular formula is C17H25IN4OS. The highest BCUT2D eigenvalue weighted by molar-refractivity contribution is 14.0. The second-order valence-electron chi connectivity index (χ2n) is 5.12. The second-order valence-corrected chi connectivity index (χ2v) is 6.44. The van der Waals surface area contributed by atoms with Gasteiger partial charge < -0.3 is 15.0 Å². The van der Waals surface area contributed by atoms with Crippen molar-refractivity contribution < 1.29 is 4.74 Å². The predicted molar refractivity (Wildman–Crippen MR) is 112 cm³/mol. The standard InChI is InChI=1S/C17H24N4OS.HI/c1-4-18-17(20-13-16-19-12-14(2)23-16)21(3)10-11-22-15-8-6-5-7-9-15;/h5-9,12H,4,10-11,13H2,1-3H3,(H,18,20);1H. The summed E-state index contributed by atoms with van der Waals surface area (Å²) < 4.78 is 5.74. The summed E-state index contributed by atoms with van der Waals surface area (Å²) in [7, 11) is 2.02. The number of para-hydroxylation sites is 1. The molecule has 0 saturated carbocycles. The van der Waals surface area contributed by atoms with E-state index in [2.05, 4.69) is 34.0 Å². The molecule has 24 heavy (non-hydrogen) atoms. The fourth-order valence-electron chi connectivity index (χ4n) is 2.01. The number of thiazole rings is 1. The number of nitrogens with zero attached hydrogens (tertiary/aromatic N) is 3. The Labute approximate surface area is 165 Å². The molecule has 0 amide bonds. The maximum absolute atomic E-state index is 5.74. The van der Waals surface area contributed by atoms with E-state index >= 15 is 0 Å². The molecule has 0 radical (unpaired) electrons. The summed E-state index contributed by atoms with van der Waals surface area (Å²) in [5, 5.41) is 4.34. The van der Waals surface area contributed by atoms with Crippen LogP contribution >= 0.6 is 35.3 Å². The van der Waals surface area contributed by atoms with Crippen molar-refractivity contribution in [2.45, 2.75) is 20.4 Å². The molecule has 0 atom stereocenters. The van der Waals surface area contributed by atoms with Crippen molar-refractivity contribution in [1.82, 2.24) is 15.2 Å². The Morgan fingerprint density at radius 1 is 1.33 bits per heavy atom. The van der Waals surface area contributed by atoms with Crippen molar-refractivity contribution in [2.24, 2.45) is 4.99 Å². The van der Waals surface area contributed by atoms with Crippen LogP contribution in [0.5, 0.6) is 5.75 Å². The summed E-state index contributed by atoms with van der Waals surface area (Å²) >= 11 is 1.69. The minimum Gasteiger partial charge on any atom is -0.492 e. The van der Waals surface area contributed by atoms with Gasteiger partial charge in [0.2, 0.25) is 0 Å². The molecule has 0 saturated heterocycles. The van der Waals surface area contributed by atoms with Gasteiger partial charge in [0.05, 0.1) is 13.1 Å². The SMILES string of the molecule is CCNC(=NCc1ncc(C)s1)N(C)CCOc1ccccc1.I. The molecule has 132 valence electrons. The van der Waals surface area contributed by atoms with Gasteiger partial charge in [-0.3, -0.25) is 0 Å². The maximum atomic E-state index is 5.74. The Morgan fingerprint density at radius 3 is 2.71 bits per heavy atom. The Bertz CT molecular complexity index is 618. The summed E-state index contributed by atoms with van der Waals surface area (Å²) in [6.07, 6.45) is 1.89. The van der Waals surface area contributed by atoms with Crippen molar-refractivity contribution in [1.29, 1.82) is 0 Å². The summed E-state index contributed by atoms with van der Waals surface area (Å²) in [5.74, 6) is 1.76. The van der Waals surface area contributed by atoms with Crippen LogP contribution in [0.1, 0.15) is 16.8 Å². The summed E-state index contributed by atoms with van der Waals surface area (Å²) in [6, 6.07) is 9.85. The molecular weight excluding hydrogens is 435 g/mol. The largest absolute Gasteiger partial charge is 0.492 e. The molecule has 0 bridgehead atoms. The first kappa shape index (κ1) is 20.7. The monoisotopic (exact) mass is 460 g/mol. The number of benzene rings is 1. The zero-order valence-corrected chi connectivity index (χ0v) is 17.5. The number of guanidine groups is 1. The van der Waals surface area contributed by atoms with E-state index in [0.29, 0.717) is 13.2 Å². The summed E-state index contributed by atoms with van der Waals surface area (Å²) in [6.45, 7) is 6.93. The number of aryl methyl sites for hydroxylation is 1. The molecule has 1 aromatic carbocycles. The van der Waals surface area contributed by atoms with Crippen LogP contribution in [0.4, 0.5) is 0 Å². The van der Waals surface area contributed by atoms with E-state index < -0.39 is 0 Å². The number of nitrogens with one attached hydrogen (secondary N) is 1. The fourth-order valence-corrected chi connectivity index (χ4v) is 2.72. The highest BCUT2D eigenvalue weighted by Gasteiger charge is 2.06. The lowest BCUT2D eigenvalue weighted by Crippen LogP contribution is -2.40. The first-order valence-corrected chi connectivity index (χ1v) is 8.59.